The minimum atomic E-state index is 0.671. The molecule has 2 fully saturated rings. The fraction of sp³-hybridized carbons (Fsp3) is 0.545. The third-order valence-corrected chi connectivity index (χ3v) is 3.98. The van der Waals surface area contributed by atoms with E-state index in [0.29, 0.717) is 6.04 Å². The lowest BCUT2D eigenvalue weighted by Crippen LogP contribution is -2.47. The fourth-order valence-corrected chi connectivity index (χ4v) is 3.05. The van der Waals surface area contributed by atoms with Crippen LogP contribution in [0.25, 0.3) is 0 Å². The second-order valence-electron chi connectivity index (χ2n) is 4.25. The van der Waals surface area contributed by atoms with Gasteiger partial charge in [-0.25, -0.2) is 4.98 Å². The van der Waals surface area contributed by atoms with E-state index in [1.165, 1.54) is 26.1 Å². The van der Waals surface area contributed by atoms with Crippen LogP contribution < -0.4 is 4.90 Å². The Hall–Kier alpha value is -0.610. The van der Waals surface area contributed by atoms with Gasteiger partial charge in [-0.05, 0) is 34.5 Å². The van der Waals surface area contributed by atoms with Gasteiger partial charge in [-0.2, -0.15) is 0 Å². The molecule has 2 saturated heterocycles. The van der Waals surface area contributed by atoms with E-state index >= 15 is 0 Å². The number of pyridine rings is 1. The van der Waals surface area contributed by atoms with Crippen LogP contribution in [0.3, 0.4) is 0 Å². The van der Waals surface area contributed by atoms with Gasteiger partial charge in [-0.3, -0.25) is 4.90 Å². The summed E-state index contributed by atoms with van der Waals surface area (Å²) < 4.78 is 1.12. The molecule has 0 radical (unpaired) electrons. The Morgan fingerprint density at radius 1 is 1.33 bits per heavy atom. The Bertz CT molecular complexity index is 369. The summed E-state index contributed by atoms with van der Waals surface area (Å²) in [7, 11) is 0. The van der Waals surface area contributed by atoms with Gasteiger partial charge in [0.1, 0.15) is 5.82 Å². The highest BCUT2D eigenvalue weighted by Gasteiger charge is 2.33. The molecule has 2 aliphatic heterocycles. The monoisotopic (exact) mass is 267 g/mol. The van der Waals surface area contributed by atoms with Crippen molar-refractivity contribution in [3.8, 4) is 0 Å². The molecule has 80 valence electrons. The molecule has 2 atom stereocenters. The Morgan fingerprint density at radius 2 is 2.27 bits per heavy atom. The molecule has 3 rings (SSSR count). The molecule has 1 aromatic heterocycles. The van der Waals surface area contributed by atoms with Gasteiger partial charge in [0.25, 0.3) is 0 Å². The van der Waals surface area contributed by atoms with Crippen molar-refractivity contribution < 1.29 is 0 Å². The highest BCUT2D eigenvalue weighted by molar-refractivity contribution is 9.10. The summed E-state index contributed by atoms with van der Waals surface area (Å²) in [5.41, 5.74) is 0. The molecule has 15 heavy (non-hydrogen) atoms. The van der Waals surface area contributed by atoms with E-state index in [2.05, 4.69) is 36.8 Å². The second-order valence-corrected chi connectivity index (χ2v) is 5.10. The minimum Gasteiger partial charge on any atom is -0.350 e. The highest BCUT2D eigenvalue weighted by Crippen LogP contribution is 2.30. The number of hydrogen-bond donors (Lipinski definition) is 0. The van der Waals surface area contributed by atoms with Crippen LogP contribution in [0, 0.1) is 0 Å². The average molecular weight is 268 g/mol. The first-order chi connectivity index (χ1) is 7.34. The summed E-state index contributed by atoms with van der Waals surface area (Å²) in [4.78, 5) is 9.47. The van der Waals surface area contributed by atoms with Gasteiger partial charge in [0.05, 0.1) is 4.47 Å². The van der Waals surface area contributed by atoms with Crippen LogP contribution in [0.4, 0.5) is 5.82 Å². The van der Waals surface area contributed by atoms with Gasteiger partial charge in [0, 0.05) is 38.4 Å². The summed E-state index contributed by atoms with van der Waals surface area (Å²) >= 11 is 3.58. The molecule has 3 heterocycles. The van der Waals surface area contributed by atoms with Crippen LogP contribution >= 0.6 is 15.9 Å². The summed E-state index contributed by atoms with van der Waals surface area (Å²) in [5.74, 6) is 1.11. The largest absolute Gasteiger partial charge is 0.350 e. The first-order valence-electron chi connectivity index (χ1n) is 5.44. The maximum atomic E-state index is 4.48. The van der Waals surface area contributed by atoms with Crippen LogP contribution in [0.2, 0.25) is 0 Å². The van der Waals surface area contributed by atoms with E-state index in [1.807, 2.05) is 12.3 Å². The lowest BCUT2D eigenvalue weighted by molar-refractivity contribution is 0.310. The summed E-state index contributed by atoms with van der Waals surface area (Å²) in [6.07, 6.45) is 3.16. The lowest BCUT2D eigenvalue weighted by atomic mass is 10.2. The third-order valence-electron chi connectivity index (χ3n) is 3.36. The summed E-state index contributed by atoms with van der Waals surface area (Å²) in [6, 6.07) is 4.72. The van der Waals surface area contributed by atoms with Crippen molar-refractivity contribution in [2.24, 2.45) is 0 Å². The Labute approximate surface area is 98.2 Å². The lowest BCUT2D eigenvalue weighted by Gasteiger charge is -2.35. The molecule has 0 saturated carbocycles. The van der Waals surface area contributed by atoms with Gasteiger partial charge in [0.15, 0.2) is 0 Å². The maximum Gasteiger partial charge on any atom is 0.143 e. The molecule has 4 heteroatoms. The zero-order chi connectivity index (χ0) is 10.3. The van der Waals surface area contributed by atoms with E-state index < -0.39 is 0 Å². The smallest absolute Gasteiger partial charge is 0.143 e. The molecule has 0 spiro atoms. The number of halogens is 1. The van der Waals surface area contributed by atoms with E-state index in [0.717, 1.165) is 16.8 Å². The molecule has 0 aromatic carbocycles. The van der Waals surface area contributed by atoms with Crippen molar-refractivity contribution in [1.29, 1.82) is 0 Å². The first kappa shape index (κ1) is 9.60. The number of anilines is 1. The van der Waals surface area contributed by atoms with Crippen LogP contribution in [-0.4, -0.2) is 42.1 Å². The summed E-state index contributed by atoms with van der Waals surface area (Å²) in [6.45, 7) is 4.76. The summed E-state index contributed by atoms with van der Waals surface area (Å²) in [5, 5.41) is 0. The van der Waals surface area contributed by atoms with E-state index in [4.69, 9.17) is 0 Å². The molecule has 2 unspecified atom stereocenters. The highest BCUT2D eigenvalue weighted by atomic mass is 79.9. The molecule has 0 aliphatic carbocycles. The van der Waals surface area contributed by atoms with Crippen molar-refractivity contribution in [2.45, 2.75) is 12.5 Å². The quantitative estimate of drug-likeness (QED) is 0.773. The molecule has 3 nitrogen and oxygen atoms in total. The standard InChI is InChI=1S/C11H14BrN3/c12-10-2-1-4-13-11(10)15-7-6-14-5-3-9(15)8-14/h1-2,4,9H,3,5-8H2. The van der Waals surface area contributed by atoms with Crippen LogP contribution in [0.15, 0.2) is 22.8 Å². The number of rotatable bonds is 1. The molecule has 2 bridgehead atoms. The van der Waals surface area contributed by atoms with Crippen molar-refractivity contribution in [3.05, 3.63) is 22.8 Å². The third kappa shape index (κ3) is 1.66. The number of piperazine rings is 1. The second kappa shape index (κ2) is 3.76. The predicted molar refractivity (Wildman–Crippen MR) is 64.1 cm³/mol. The van der Waals surface area contributed by atoms with Crippen molar-refractivity contribution in [2.75, 3.05) is 31.1 Å². The SMILES string of the molecule is Brc1cccnc1N1CCN2CCC1C2. The Balaban J connectivity index is 1.90. The van der Waals surface area contributed by atoms with Gasteiger partial charge in [0.2, 0.25) is 0 Å². The number of aromatic nitrogens is 1. The zero-order valence-corrected chi connectivity index (χ0v) is 10.2. The Morgan fingerprint density at radius 3 is 3.13 bits per heavy atom. The fourth-order valence-electron chi connectivity index (χ4n) is 2.57. The topological polar surface area (TPSA) is 19.4 Å². The van der Waals surface area contributed by atoms with Gasteiger partial charge < -0.3 is 4.90 Å². The molecule has 0 N–H and O–H groups in total. The molecule has 1 aromatic rings. The molecular formula is C11H14BrN3. The maximum absolute atomic E-state index is 4.48. The van der Waals surface area contributed by atoms with Crippen molar-refractivity contribution >= 4 is 21.7 Å². The predicted octanol–water partition coefficient (Wildman–Crippen LogP) is 1.74. The zero-order valence-electron chi connectivity index (χ0n) is 8.56. The van der Waals surface area contributed by atoms with Crippen molar-refractivity contribution in [3.63, 3.8) is 0 Å². The Kier molecular flexibility index (Phi) is 2.41. The van der Waals surface area contributed by atoms with E-state index in [1.54, 1.807) is 0 Å². The number of fused-ring (bicyclic) bond motifs is 2. The van der Waals surface area contributed by atoms with E-state index in [9.17, 15) is 0 Å². The average Bonchev–Trinajstić information content (AvgIpc) is 2.63. The molecule has 0 amide bonds. The van der Waals surface area contributed by atoms with Crippen LogP contribution in [0.5, 0.6) is 0 Å². The van der Waals surface area contributed by atoms with Gasteiger partial charge in [-0.15, -0.1) is 0 Å². The molecule has 2 aliphatic rings. The minimum absolute atomic E-state index is 0.671. The van der Waals surface area contributed by atoms with Gasteiger partial charge >= 0.3 is 0 Å². The van der Waals surface area contributed by atoms with E-state index in [-0.39, 0.29) is 0 Å². The van der Waals surface area contributed by atoms with Gasteiger partial charge in [-0.1, -0.05) is 0 Å². The van der Waals surface area contributed by atoms with Crippen LogP contribution in [0.1, 0.15) is 6.42 Å². The first-order valence-corrected chi connectivity index (χ1v) is 6.23. The van der Waals surface area contributed by atoms with Crippen LogP contribution in [-0.2, 0) is 0 Å². The molecular weight excluding hydrogens is 254 g/mol. The number of nitrogens with zero attached hydrogens (tertiary/aromatic N) is 3. The number of hydrogen-bond acceptors (Lipinski definition) is 3. The van der Waals surface area contributed by atoms with Crippen molar-refractivity contribution in [1.82, 2.24) is 9.88 Å². The normalized spacial score (nSPS) is 29.5.